The molecule has 0 saturated heterocycles. The van der Waals surface area contributed by atoms with Gasteiger partial charge in [-0.05, 0) is 48.2 Å². The Morgan fingerprint density at radius 2 is 1.76 bits per heavy atom. The number of halogens is 1. The van der Waals surface area contributed by atoms with Crippen molar-refractivity contribution in [2.45, 2.75) is 39.7 Å². The van der Waals surface area contributed by atoms with Crippen molar-refractivity contribution in [2.75, 3.05) is 6.54 Å². The molecule has 1 nitrogen and oxygen atoms in total. The van der Waals surface area contributed by atoms with Gasteiger partial charge in [0.15, 0.2) is 0 Å². The van der Waals surface area contributed by atoms with Gasteiger partial charge >= 0.3 is 0 Å². The van der Waals surface area contributed by atoms with Gasteiger partial charge in [-0.1, -0.05) is 68.3 Å². The monoisotopic (exact) mass is 301 g/mol. The largest absolute Gasteiger partial charge is 0.306 e. The third-order valence-electron chi connectivity index (χ3n) is 3.73. The minimum Gasteiger partial charge on any atom is -0.306 e. The lowest BCUT2D eigenvalue weighted by Crippen LogP contribution is -2.22. The lowest BCUT2D eigenvalue weighted by molar-refractivity contribution is 0.630. The van der Waals surface area contributed by atoms with Gasteiger partial charge in [0.2, 0.25) is 0 Å². The van der Waals surface area contributed by atoms with Gasteiger partial charge in [-0.25, -0.2) is 0 Å². The Morgan fingerprint density at radius 1 is 1.05 bits per heavy atom. The molecule has 0 heterocycles. The summed E-state index contributed by atoms with van der Waals surface area (Å²) in [5.74, 6) is 0. The first-order valence-corrected chi connectivity index (χ1v) is 8.11. The molecule has 112 valence electrons. The van der Waals surface area contributed by atoms with Gasteiger partial charge in [0.05, 0.1) is 6.04 Å². The fraction of sp³-hybridized carbons (Fsp3) is 0.368. The summed E-state index contributed by atoms with van der Waals surface area (Å²) in [6, 6.07) is 15.3. The second-order valence-electron chi connectivity index (χ2n) is 5.51. The van der Waals surface area contributed by atoms with Crippen molar-refractivity contribution in [1.82, 2.24) is 5.32 Å². The highest BCUT2D eigenvalue weighted by Gasteiger charge is 2.16. The van der Waals surface area contributed by atoms with Crippen LogP contribution in [0.1, 0.15) is 48.6 Å². The predicted molar refractivity (Wildman–Crippen MR) is 92.1 cm³/mol. The highest BCUT2D eigenvalue weighted by atomic mass is 35.5. The summed E-state index contributed by atoms with van der Waals surface area (Å²) in [6.07, 6.45) is 2.32. The Labute approximate surface area is 133 Å². The second kappa shape index (κ2) is 7.63. The molecule has 0 aliphatic heterocycles. The van der Waals surface area contributed by atoms with Crippen LogP contribution in [0.15, 0.2) is 42.5 Å². The fourth-order valence-electron chi connectivity index (χ4n) is 2.64. The first kappa shape index (κ1) is 16.1. The molecule has 0 bridgehead atoms. The van der Waals surface area contributed by atoms with Crippen LogP contribution in [0.4, 0.5) is 0 Å². The van der Waals surface area contributed by atoms with E-state index in [0.717, 1.165) is 23.6 Å². The molecule has 2 aromatic rings. The lowest BCUT2D eigenvalue weighted by Gasteiger charge is -2.21. The van der Waals surface area contributed by atoms with Crippen molar-refractivity contribution in [3.05, 3.63) is 69.7 Å². The SMILES string of the molecule is CCCc1ccc(C(NCC)c2ccc(C)cc2Cl)cc1. The van der Waals surface area contributed by atoms with E-state index in [1.165, 1.54) is 23.1 Å². The van der Waals surface area contributed by atoms with Gasteiger partial charge in [0.25, 0.3) is 0 Å². The molecule has 0 radical (unpaired) electrons. The zero-order valence-corrected chi connectivity index (χ0v) is 13.9. The molecule has 1 unspecified atom stereocenters. The van der Waals surface area contributed by atoms with Crippen molar-refractivity contribution in [3.63, 3.8) is 0 Å². The summed E-state index contributed by atoms with van der Waals surface area (Å²) in [7, 11) is 0. The summed E-state index contributed by atoms with van der Waals surface area (Å²) in [6.45, 7) is 7.31. The van der Waals surface area contributed by atoms with E-state index < -0.39 is 0 Å². The molecule has 1 N–H and O–H groups in total. The Bertz CT molecular complexity index is 575. The van der Waals surface area contributed by atoms with Crippen molar-refractivity contribution in [2.24, 2.45) is 0 Å². The Kier molecular flexibility index (Phi) is 5.84. The van der Waals surface area contributed by atoms with Crippen LogP contribution in [-0.2, 0) is 6.42 Å². The summed E-state index contributed by atoms with van der Waals surface area (Å²) in [4.78, 5) is 0. The Balaban J connectivity index is 2.33. The highest BCUT2D eigenvalue weighted by Crippen LogP contribution is 2.29. The maximum atomic E-state index is 6.45. The zero-order valence-electron chi connectivity index (χ0n) is 13.1. The number of benzene rings is 2. The van der Waals surface area contributed by atoms with Gasteiger partial charge in [-0.3, -0.25) is 0 Å². The number of rotatable bonds is 6. The van der Waals surface area contributed by atoms with Crippen molar-refractivity contribution >= 4 is 11.6 Å². The molecule has 0 amide bonds. The molecular formula is C19H24ClN. The molecule has 0 saturated carbocycles. The molecule has 0 spiro atoms. The van der Waals surface area contributed by atoms with Crippen LogP contribution < -0.4 is 5.32 Å². The molecule has 0 fully saturated rings. The smallest absolute Gasteiger partial charge is 0.0591 e. The van der Waals surface area contributed by atoms with Gasteiger partial charge in [-0.2, -0.15) is 0 Å². The van der Waals surface area contributed by atoms with E-state index >= 15 is 0 Å². The van der Waals surface area contributed by atoms with Crippen LogP contribution in [0, 0.1) is 6.92 Å². The summed E-state index contributed by atoms with van der Waals surface area (Å²) in [5, 5.41) is 4.37. The maximum Gasteiger partial charge on any atom is 0.0591 e. The molecule has 0 aromatic heterocycles. The minimum absolute atomic E-state index is 0.152. The normalized spacial score (nSPS) is 12.4. The molecule has 1 atom stereocenters. The van der Waals surface area contributed by atoms with Crippen LogP contribution in [0.3, 0.4) is 0 Å². The predicted octanol–water partition coefficient (Wildman–Crippen LogP) is 5.30. The number of nitrogens with one attached hydrogen (secondary N) is 1. The lowest BCUT2D eigenvalue weighted by atomic mass is 9.96. The molecule has 2 rings (SSSR count). The average Bonchev–Trinajstić information content (AvgIpc) is 2.47. The van der Waals surface area contributed by atoms with Crippen LogP contribution in [0.2, 0.25) is 5.02 Å². The van der Waals surface area contributed by atoms with Crippen molar-refractivity contribution < 1.29 is 0 Å². The highest BCUT2D eigenvalue weighted by molar-refractivity contribution is 6.31. The molecule has 0 aliphatic rings. The summed E-state index contributed by atoms with van der Waals surface area (Å²) < 4.78 is 0. The van der Waals surface area contributed by atoms with Crippen molar-refractivity contribution in [1.29, 1.82) is 0 Å². The van der Waals surface area contributed by atoms with E-state index in [1.807, 2.05) is 6.07 Å². The topological polar surface area (TPSA) is 12.0 Å². The van der Waals surface area contributed by atoms with E-state index in [-0.39, 0.29) is 6.04 Å². The first-order chi connectivity index (χ1) is 10.2. The molecule has 21 heavy (non-hydrogen) atoms. The number of hydrogen-bond acceptors (Lipinski definition) is 1. The van der Waals surface area contributed by atoms with E-state index in [0.29, 0.717) is 0 Å². The fourth-order valence-corrected chi connectivity index (χ4v) is 2.99. The maximum absolute atomic E-state index is 6.45. The van der Waals surface area contributed by atoms with E-state index in [1.54, 1.807) is 0 Å². The van der Waals surface area contributed by atoms with Crippen molar-refractivity contribution in [3.8, 4) is 0 Å². The molecule has 2 heteroatoms. The molecule has 0 aliphatic carbocycles. The Morgan fingerprint density at radius 3 is 2.33 bits per heavy atom. The number of aryl methyl sites for hydroxylation is 2. The summed E-state index contributed by atoms with van der Waals surface area (Å²) >= 11 is 6.45. The van der Waals surface area contributed by atoms with Crippen LogP contribution in [0.25, 0.3) is 0 Å². The Hall–Kier alpha value is -1.31. The van der Waals surface area contributed by atoms with Gasteiger partial charge in [-0.15, -0.1) is 0 Å². The minimum atomic E-state index is 0.152. The van der Waals surface area contributed by atoms with E-state index in [9.17, 15) is 0 Å². The standard InChI is InChI=1S/C19H24ClN/c1-4-6-15-8-10-16(11-9-15)19(21-5-2)17-12-7-14(3)13-18(17)20/h7-13,19,21H,4-6H2,1-3H3. The zero-order chi connectivity index (χ0) is 15.2. The molecule has 2 aromatic carbocycles. The van der Waals surface area contributed by atoms with Crippen LogP contribution in [-0.4, -0.2) is 6.54 Å². The van der Waals surface area contributed by atoms with Crippen LogP contribution >= 0.6 is 11.6 Å². The average molecular weight is 302 g/mol. The quantitative estimate of drug-likeness (QED) is 0.763. The van der Waals surface area contributed by atoms with E-state index in [2.05, 4.69) is 62.5 Å². The molecular weight excluding hydrogens is 278 g/mol. The first-order valence-electron chi connectivity index (χ1n) is 7.74. The summed E-state index contributed by atoms with van der Waals surface area (Å²) in [5.41, 5.74) is 5.00. The number of hydrogen-bond donors (Lipinski definition) is 1. The van der Waals surface area contributed by atoms with Gasteiger partial charge in [0.1, 0.15) is 0 Å². The van der Waals surface area contributed by atoms with Crippen LogP contribution in [0.5, 0.6) is 0 Å². The second-order valence-corrected chi connectivity index (χ2v) is 5.91. The van der Waals surface area contributed by atoms with Gasteiger partial charge < -0.3 is 5.32 Å². The third kappa shape index (κ3) is 4.09. The van der Waals surface area contributed by atoms with E-state index in [4.69, 9.17) is 11.6 Å². The van der Waals surface area contributed by atoms with Gasteiger partial charge in [0, 0.05) is 5.02 Å². The third-order valence-corrected chi connectivity index (χ3v) is 4.05.